The highest BCUT2D eigenvalue weighted by molar-refractivity contribution is 7.12. The number of thiophene rings is 1. The van der Waals surface area contributed by atoms with Gasteiger partial charge in [0.05, 0.1) is 17.7 Å². The topological polar surface area (TPSA) is 47.6 Å². The van der Waals surface area contributed by atoms with Crippen LogP contribution in [0.15, 0.2) is 53.9 Å². The van der Waals surface area contributed by atoms with Crippen molar-refractivity contribution in [3.63, 3.8) is 0 Å². The number of carbonyl (C=O) groups excluding carboxylic acids is 1. The van der Waals surface area contributed by atoms with Gasteiger partial charge < -0.3 is 14.8 Å². The van der Waals surface area contributed by atoms with Crippen LogP contribution < -0.4 is 14.8 Å². The summed E-state index contributed by atoms with van der Waals surface area (Å²) in [5.74, 6) is 1.70. The molecule has 0 bridgehead atoms. The number of ether oxygens (including phenoxy) is 2. The number of hydrogen-bond acceptors (Lipinski definition) is 4. The molecule has 0 fully saturated rings. The maximum atomic E-state index is 12.5. The van der Waals surface area contributed by atoms with Crippen molar-refractivity contribution in [1.82, 2.24) is 0 Å². The number of nitrogens with one attached hydrogen (secondary N) is 1. The third kappa shape index (κ3) is 4.13. The summed E-state index contributed by atoms with van der Waals surface area (Å²) >= 11 is 7.47. The summed E-state index contributed by atoms with van der Waals surface area (Å²) in [5.41, 5.74) is 1.45. The zero-order valence-corrected chi connectivity index (χ0v) is 15.3. The van der Waals surface area contributed by atoms with Crippen molar-refractivity contribution in [2.24, 2.45) is 0 Å². The number of hydrogen-bond donors (Lipinski definition) is 1. The maximum Gasteiger partial charge on any atom is 0.266 e. The van der Waals surface area contributed by atoms with Gasteiger partial charge in [-0.1, -0.05) is 11.6 Å². The Morgan fingerprint density at radius 1 is 1.08 bits per heavy atom. The Morgan fingerprint density at radius 3 is 2.44 bits per heavy atom. The Kier molecular flexibility index (Phi) is 5.26. The number of methoxy groups -OCH3 is 1. The van der Waals surface area contributed by atoms with Crippen molar-refractivity contribution < 1.29 is 14.3 Å². The van der Waals surface area contributed by atoms with Crippen molar-refractivity contribution in [3.05, 3.63) is 69.4 Å². The van der Waals surface area contributed by atoms with E-state index < -0.39 is 0 Å². The van der Waals surface area contributed by atoms with E-state index in [1.165, 1.54) is 11.3 Å². The molecular formula is C19H16ClNO3S. The first-order valence-electron chi connectivity index (χ1n) is 7.53. The minimum atomic E-state index is -0.186. The van der Waals surface area contributed by atoms with E-state index in [0.717, 1.165) is 11.3 Å². The van der Waals surface area contributed by atoms with Crippen molar-refractivity contribution in [2.75, 3.05) is 12.4 Å². The monoisotopic (exact) mass is 373 g/mol. The van der Waals surface area contributed by atoms with Gasteiger partial charge in [0.1, 0.15) is 11.5 Å². The van der Waals surface area contributed by atoms with Gasteiger partial charge in [-0.3, -0.25) is 4.79 Å². The van der Waals surface area contributed by atoms with Gasteiger partial charge in [0.15, 0.2) is 5.75 Å². The Morgan fingerprint density at radius 2 is 1.80 bits per heavy atom. The van der Waals surface area contributed by atoms with E-state index in [2.05, 4.69) is 5.32 Å². The molecule has 4 nitrogen and oxygen atoms in total. The molecule has 0 saturated carbocycles. The number of anilines is 1. The molecule has 0 aliphatic rings. The summed E-state index contributed by atoms with van der Waals surface area (Å²) in [6.07, 6.45) is 0. The molecule has 128 valence electrons. The van der Waals surface area contributed by atoms with Crippen LogP contribution >= 0.6 is 22.9 Å². The number of aryl methyl sites for hydroxylation is 1. The molecule has 0 aliphatic carbocycles. The second-order valence-corrected chi connectivity index (χ2v) is 6.66. The average molecular weight is 374 g/mol. The van der Waals surface area contributed by atoms with Crippen molar-refractivity contribution in [2.45, 2.75) is 6.92 Å². The fourth-order valence-electron chi connectivity index (χ4n) is 2.24. The highest BCUT2D eigenvalue weighted by Crippen LogP contribution is 2.33. The Bertz CT molecular complexity index is 890. The lowest BCUT2D eigenvalue weighted by Crippen LogP contribution is -2.12. The molecule has 1 heterocycles. The third-order valence-corrected chi connectivity index (χ3v) is 4.80. The van der Waals surface area contributed by atoms with Crippen LogP contribution in [0.3, 0.4) is 0 Å². The molecule has 0 aliphatic heterocycles. The zero-order chi connectivity index (χ0) is 17.8. The van der Waals surface area contributed by atoms with Gasteiger partial charge in [-0.15, -0.1) is 11.3 Å². The maximum absolute atomic E-state index is 12.5. The standard InChI is InChI=1S/C19H16ClNO3S/c1-12-9-10-25-18(12)19(22)21-16-11-13(20)3-8-17(16)24-15-6-4-14(23-2)5-7-15/h3-11H,1-2H3,(H,21,22). The Labute approximate surface area is 155 Å². The normalized spacial score (nSPS) is 10.4. The van der Waals surface area contributed by atoms with Crippen LogP contribution in [0.2, 0.25) is 5.02 Å². The van der Waals surface area contributed by atoms with E-state index >= 15 is 0 Å². The van der Waals surface area contributed by atoms with Crippen molar-refractivity contribution in [3.8, 4) is 17.2 Å². The Hall–Kier alpha value is -2.50. The first kappa shape index (κ1) is 17.3. The van der Waals surface area contributed by atoms with Crippen molar-refractivity contribution >= 4 is 34.5 Å². The molecule has 0 atom stereocenters. The van der Waals surface area contributed by atoms with Gasteiger partial charge in [-0.2, -0.15) is 0 Å². The zero-order valence-electron chi connectivity index (χ0n) is 13.7. The van der Waals surface area contributed by atoms with Gasteiger partial charge in [-0.05, 0) is 66.4 Å². The van der Waals surface area contributed by atoms with E-state index in [9.17, 15) is 4.79 Å². The average Bonchev–Trinajstić information content (AvgIpc) is 3.04. The second kappa shape index (κ2) is 7.59. The summed E-state index contributed by atoms with van der Waals surface area (Å²) in [5, 5.41) is 5.27. The highest BCUT2D eigenvalue weighted by Gasteiger charge is 2.14. The van der Waals surface area contributed by atoms with E-state index in [0.29, 0.717) is 27.1 Å². The molecular weight excluding hydrogens is 358 g/mol. The molecule has 3 rings (SSSR count). The summed E-state index contributed by atoms with van der Waals surface area (Å²) in [6.45, 7) is 1.90. The summed E-state index contributed by atoms with van der Waals surface area (Å²) in [6, 6.07) is 14.2. The van der Waals surface area contributed by atoms with Crippen LogP contribution in [0, 0.1) is 6.92 Å². The minimum Gasteiger partial charge on any atom is -0.497 e. The smallest absolute Gasteiger partial charge is 0.266 e. The van der Waals surface area contributed by atoms with Crippen LogP contribution in [0.25, 0.3) is 0 Å². The quantitative estimate of drug-likeness (QED) is 0.618. The van der Waals surface area contributed by atoms with Gasteiger partial charge in [0.25, 0.3) is 5.91 Å². The van der Waals surface area contributed by atoms with Gasteiger partial charge in [0.2, 0.25) is 0 Å². The predicted molar refractivity (Wildman–Crippen MR) is 102 cm³/mol. The molecule has 25 heavy (non-hydrogen) atoms. The van der Waals surface area contributed by atoms with Crippen LogP contribution in [-0.4, -0.2) is 13.0 Å². The predicted octanol–water partition coefficient (Wildman–Crippen LogP) is 5.76. The van der Waals surface area contributed by atoms with Crippen LogP contribution in [-0.2, 0) is 0 Å². The molecule has 1 N–H and O–H groups in total. The summed E-state index contributed by atoms with van der Waals surface area (Å²) < 4.78 is 11.0. The van der Waals surface area contributed by atoms with Crippen LogP contribution in [0.4, 0.5) is 5.69 Å². The van der Waals surface area contributed by atoms with Gasteiger partial charge in [-0.25, -0.2) is 0 Å². The van der Waals surface area contributed by atoms with Crippen LogP contribution in [0.1, 0.15) is 15.2 Å². The molecule has 2 aromatic carbocycles. The lowest BCUT2D eigenvalue weighted by Gasteiger charge is -2.13. The largest absolute Gasteiger partial charge is 0.497 e. The SMILES string of the molecule is COc1ccc(Oc2ccc(Cl)cc2NC(=O)c2sccc2C)cc1. The number of amides is 1. The summed E-state index contributed by atoms with van der Waals surface area (Å²) in [7, 11) is 1.61. The molecule has 1 aromatic heterocycles. The minimum absolute atomic E-state index is 0.186. The lowest BCUT2D eigenvalue weighted by molar-refractivity contribution is 0.102. The summed E-state index contributed by atoms with van der Waals surface area (Å²) in [4.78, 5) is 13.1. The number of halogens is 1. The van der Waals surface area contributed by atoms with E-state index in [4.69, 9.17) is 21.1 Å². The lowest BCUT2D eigenvalue weighted by atomic mass is 10.2. The second-order valence-electron chi connectivity index (χ2n) is 5.30. The van der Waals surface area contributed by atoms with Gasteiger partial charge >= 0.3 is 0 Å². The van der Waals surface area contributed by atoms with E-state index in [-0.39, 0.29) is 5.91 Å². The first-order valence-corrected chi connectivity index (χ1v) is 8.79. The fourth-order valence-corrected chi connectivity index (χ4v) is 3.24. The van der Waals surface area contributed by atoms with E-state index in [1.54, 1.807) is 49.6 Å². The molecule has 0 spiro atoms. The Balaban J connectivity index is 1.84. The van der Waals surface area contributed by atoms with E-state index in [1.807, 2.05) is 18.4 Å². The highest BCUT2D eigenvalue weighted by atomic mass is 35.5. The molecule has 0 radical (unpaired) electrons. The molecule has 1 amide bonds. The van der Waals surface area contributed by atoms with Gasteiger partial charge in [0, 0.05) is 5.02 Å². The number of rotatable bonds is 5. The van der Waals surface area contributed by atoms with Crippen molar-refractivity contribution in [1.29, 1.82) is 0 Å². The first-order chi connectivity index (χ1) is 12.1. The molecule has 3 aromatic rings. The number of carbonyl (C=O) groups is 1. The fraction of sp³-hybridized carbons (Fsp3) is 0.105. The molecule has 6 heteroatoms. The van der Waals surface area contributed by atoms with Crippen LogP contribution in [0.5, 0.6) is 17.2 Å². The number of benzene rings is 2. The molecule has 0 saturated heterocycles. The molecule has 0 unspecified atom stereocenters. The third-order valence-electron chi connectivity index (χ3n) is 3.55.